The van der Waals surface area contributed by atoms with E-state index in [9.17, 15) is 0 Å². The third kappa shape index (κ3) is 3.75. The maximum atomic E-state index is 5.88. The molecule has 4 aromatic rings. The quantitative estimate of drug-likeness (QED) is 0.567. The summed E-state index contributed by atoms with van der Waals surface area (Å²) in [5, 5.41) is 0. The molecule has 0 atom stereocenters. The third-order valence-corrected chi connectivity index (χ3v) is 4.49. The number of hydrogen-bond acceptors (Lipinski definition) is 5. The van der Waals surface area contributed by atoms with Crippen molar-refractivity contribution in [1.82, 2.24) is 15.0 Å². The Hall–Kier alpha value is -3.57. The Morgan fingerprint density at radius 1 is 0.821 bits per heavy atom. The average Bonchev–Trinajstić information content (AvgIpc) is 2.79. The predicted octanol–water partition coefficient (Wildman–Crippen LogP) is 4.34. The van der Waals surface area contributed by atoms with Crippen molar-refractivity contribution in [3.8, 4) is 39.4 Å². The second-order valence-corrected chi connectivity index (χ2v) is 6.35. The van der Waals surface area contributed by atoms with Gasteiger partial charge < -0.3 is 10.5 Å². The molecule has 0 bridgehead atoms. The first-order valence-electron chi connectivity index (χ1n) is 8.99. The molecule has 0 saturated heterocycles. The van der Waals surface area contributed by atoms with E-state index in [1.807, 2.05) is 67.0 Å². The number of nitrogens with two attached hydrogens (primary N) is 1. The number of pyridine rings is 3. The van der Waals surface area contributed by atoms with Gasteiger partial charge in [0.1, 0.15) is 5.75 Å². The van der Waals surface area contributed by atoms with Crippen molar-refractivity contribution in [2.24, 2.45) is 5.73 Å². The van der Waals surface area contributed by atoms with E-state index in [0.717, 1.165) is 45.1 Å². The molecule has 0 fully saturated rings. The maximum absolute atomic E-state index is 5.88. The number of ether oxygens (including phenoxy) is 1. The summed E-state index contributed by atoms with van der Waals surface area (Å²) < 4.78 is 5.34. The number of aromatic nitrogens is 3. The van der Waals surface area contributed by atoms with E-state index in [-0.39, 0.29) is 0 Å². The van der Waals surface area contributed by atoms with Gasteiger partial charge in [-0.2, -0.15) is 0 Å². The van der Waals surface area contributed by atoms with Crippen molar-refractivity contribution in [2.45, 2.75) is 6.54 Å². The fraction of sp³-hybridized carbons (Fsp3) is 0.0870. The monoisotopic (exact) mass is 368 g/mol. The summed E-state index contributed by atoms with van der Waals surface area (Å²) in [7, 11) is 1.66. The van der Waals surface area contributed by atoms with Gasteiger partial charge >= 0.3 is 0 Å². The molecule has 0 amide bonds. The van der Waals surface area contributed by atoms with Crippen molar-refractivity contribution >= 4 is 0 Å². The highest BCUT2D eigenvalue weighted by atomic mass is 16.5. The van der Waals surface area contributed by atoms with Crippen LogP contribution in [0.25, 0.3) is 33.6 Å². The fourth-order valence-electron chi connectivity index (χ4n) is 3.06. The first-order chi connectivity index (χ1) is 13.8. The zero-order valence-corrected chi connectivity index (χ0v) is 15.5. The van der Waals surface area contributed by atoms with E-state index in [1.165, 1.54) is 0 Å². The standard InChI is InChI=1S/C23H20N4O/c1-28-21-6-4-5-16(11-21)18-9-19(15-25-14-18)17-10-20(13-24)27-23(12-17)22-7-2-3-8-26-22/h2-12,14-15H,13,24H2,1H3. The lowest BCUT2D eigenvalue weighted by Crippen LogP contribution is -2.02. The summed E-state index contributed by atoms with van der Waals surface area (Å²) in [6.45, 7) is 0.358. The summed E-state index contributed by atoms with van der Waals surface area (Å²) in [5.41, 5.74) is 12.4. The number of hydrogen-bond donors (Lipinski definition) is 1. The van der Waals surface area contributed by atoms with Gasteiger partial charge in [-0.05, 0) is 53.6 Å². The van der Waals surface area contributed by atoms with Crippen LogP contribution in [-0.4, -0.2) is 22.1 Å². The Bertz CT molecular complexity index is 1100. The minimum atomic E-state index is 0.358. The molecule has 0 unspecified atom stereocenters. The summed E-state index contributed by atoms with van der Waals surface area (Å²) >= 11 is 0. The molecule has 0 spiro atoms. The number of rotatable bonds is 5. The minimum absolute atomic E-state index is 0.358. The largest absolute Gasteiger partial charge is 0.497 e. The average molecular weight is 368 g/mol. The SMILES string of the molecule is COc1cccc(-c2cncc(-c3cc(CN)nc(-c4ccccn4)c3)c2)c1. The summed E-state index contributed by atoms with van der Waals surface area (Å²) in [6.07, 6.45) is 5.46. The molecule has 138 valence electrons. The third-order valence-electron chi connectivity index (χ3n) is 4.49. The smallest absolute Gasteiger partial charge is 0.119 e. The van der Waals surface area contributed by atoms with Gasteiger partial charge in [0, 0.05) is 36.3 Å². The van der Waals surface area contributed by atoms with Gasteiger partial charge in [0.2, 0.25) is 0 Å². The molecule has 2 N–H and O–H groups in total. The summed E-state index contributed by atoms with van der Waals surface area (Å²) in [4.78, 5) is 13.5. The molecule has 0 saturated carbocycles. The van der Waals surface area contributed by atoms with E-state index in [1.54, 1.807) is 13.3 Å². The molecule has 3 heterocycles. The molecule has 0 aliphatic rings. The highest BCUT2D eigenvalue weighted by Gasteiger charge is 2.09. The molecule has 0 aliphatic carbocycles. The molecule has 0 aliphatic heterocycles. The molecule has 1 aromatic carbocycles. The van der Waals surface area contributed by atoms with E-state index in [2.05, 4.69) is 21.0 Å². The highest BCUT2D eigenvalue weighted by Crippen LogP contribution is 2.29. The molecule has 0 radical (unpaired) electrons. The second kappa shape index (κ2) is 7.98. The number of benzene rings is 1. The van der Waals surface area contributed by atoms with Crippen molar-refractivity contribution in [3.05, 3.63) is 84.9 Å². The van der Waals surface area contributed by atoms with Crippen LogP contribution in [0.5, 0.6) is 5.75 Å². The van der Waals surface area contributed by atoms with Gasteiger partial charge in [-0.1, -0.05) is 18.2 Å². The Labute approximate surface area is 163 Å². The molecule has 4 rings (SSSR count). The van der Waals surface area contributed by atoms with E-state index in [0.29, 0.717) is 6.54 Å². The van der Waals surface area contributed by atoms with Crippen LogP contribution in [0.1, 0.15) is 5.69 Å². The minimum Gasteiger partial charge on any atom is -0.497 e. The topological polar surface area (TPSA) is 73.9 Å². The molecule has 3 aromatic heterocycles. The fourth-order valence-corrected chi connectivity index (χ4v) is 3.06. The van der Waals surface area contributed by atoms with E-state index in [4.69, 9.17) is 10.5 Å². The van der Waals surface area contributed by atoms with Gasteiger partial charge in [0.15, 0.2) is 0 Å². The zero-order chi connectivity index (χ0) is 19.3. The molecular weight excluding hydrogens is 348 g/mol. The van der Waals surface area contributed by atoms with Crippen LogP contribution in [-0.2, 0) is 6.54 Å². The number of methoxy groups -OCH3 is 1. The Kier molecular flexibility index (Phi) is 5.08. The lowest BCUT2D eigenvalue weighted by molar-refractivity contribution is 0.415. The van der Waals surface area contributed by atoms with Gasteiger partial charge in [0.05, 0.1) is 24.2 Å². The van der Waals surface area contributed by atoms with Crippen LogP contribution >= 0.6 is 0 Å². The van der Waals surface area contributed by atoms with Crippen molar-refractivity contribution in [1.29, 1.82) is 0 Å². The van der Waals surface area contributed by atoms with Crippen LogP contribution in [0.4, 0.5) is 0 Å². The van der Waals surface area contributed by atoms with Crippen molar-refractivity contribution < 1.29 is 4.74 Å². The van der Waals surface area contributed by atoms with Crippen molar-refractivity contribution in [3.63, 3.8) is 0 Å². The normalized spacial score (nSPS) is 10.6. The van der Waals surface area contributed by atoms with Crippen LogP contribution in [0, 0.1) is 0 Å². The van der Waals surface area contributed by atoms with E-state index >= 15 is 0 Å². The first kappa shape index (κ1) is 17.8. The van der Waals surface area contributed by atoms with E-state index < -0.39 is 0 Å². The van der Waals surface area contributed by atoms with Crippen LogP contribution in [0.15, 0.2) is 79.3 Å². The molecule has 28 heavy (non-hydrogen) atoms. The van der Waals surface area contributed by atoms with Gasteiger partial charge in [0.25, 0.3) is 0 Å². The maximum Gasteiger partial charge on any atom is 0.119 e. The molecule has 5 heteroatoms. The van der Waals surface area contributed by atoms with Gasteiger partial charge in [-0.25, -0.2) is 4.98 Å². The van der Waals surface area contributed by atoms with Gasteiger partial charge in [-0.3, -0.25) is 9.97 Å². The lowest BCUT2D eigenvalue weighted by Gasteiger charge is -2.10. The lowest BCUT2D eigenvalue weighted by atomic mass is 10.0. The van der Waals surface area contributed by atoms with Crippen molar-refractivity contribution in [2.75, 3.05) is 7.11 Å². The Balaban J connectivity index is 1.79. The number of nitrogens with zero attached hydrogens (tertiary/aromatic N) is 3. The predicted molar refractivity (Wildman–Crippen MR) is 111 cm³/mol. The van der Waals surface area contributed by atoms with Crippen LogP contribution in [0.3, 0.4) is 0 Å². The molecule has 5 nitrogen and oxygen atoms in total. The Morgan fingerprint density at radius 3 is 2.43 bits per heavy atom. The zero-order valence-electron chi connectivity index (χ0n) is 15.5. The molecular formula is C23H20N4O. The first-order valence-corrected chi connectivity index (χ1v) is 8.99. The summed E-state index contributed by atoms with van der Waals surface area (Å²) in [6, 6.07) is 19.8. The van der Waals surface area contributed by atoms with Gasteiger partial charge in [-0.15, -0.1) is 0 Å². The Morgan fingerprint density at radius 2 is 1.68 bits per heavy atom. The van der Waals surface area contributed by atoms with Crippen LogP contribution < -0.4 is 10.5 Å². The summed E-state index contributed by atoms with van der Waals surface area (Å²) in [5.74, 6) is 0.815. The van der Waals surface area contributed by atoms with Crippen LogP contribution in [0.2, 0.25) is 0 Å². The second-order valence-electron chi connectivity index (χ2n) is 6.35. The highest BCUT2D eigenvalue weighted by molar-refractivity contribution is 5.74.